The number of pyridine rings is 1. The van der Waals surface area contributed by atoms with E-state index in [1.54, 1.807) is 6.20 Å². The summed E-state index contributed by atoms with van der Waals surface area (Å²) < 4.78 is 12.1. The Hall–Kier alpha value is -3.41. The van der Waals surface area contributed by atoms with Gasteiger partial charge in [-0.1, -0.05) is 0 Å². The standard InChI is InChI=1S/C13H10N6O3/c1-21-12-10(4-15-13(16-12)22-2)19-7-9-6-18(20)5-8(3-14)11(9)17-19/h4-7H,1-2H3. The molecule has 0 fully saturated rings. The molecular weight excluding hydrogens is 288 g/mol. The fourth-order valence-electron chi connectivity index (χ4n) is 2.01. The number of rotatable bonds is 3. The van der Waals surface area contributed by atoms with Crippen LogP contribution in [-0.4, -0.2) is 34.0 Å². The van der Waals surface area contributed by atoms with Crippen molar-refractivity contribution in [2.45, 2.75) is 0 Å². The van der Waals surface area contributed by atoms with E-state index < -0.39 is 0 Å². The molecule has 0 aliphatic rings. The Balaban J connectivity index is 2.21. The van der Waals surface area contributed by atoms with Gasteiger partial charge >= 0.3 is 6.01 Å². The Labute approximate surface area is 124 Å². The molecule has 22 heavy (non-hydrogen) atoms. The first-order valence-corrected chi connectivity index (χ1v) is 6.14. The topological polar surface area (TPSA) is 113 Å². The van der Waals surface area contributed by atoms with Crippen molar-refractivity contribution in [1.82, 2.24) is 19.7 Å². The fourth-order valence-corrected chi connectivity index (χ4v) is 2.01. The second-order valence-corrected chi connectivity index (χ2v) is 4.27. The summed E-state index contributed by atoms with van der Waals surface area (Å²) in [4.78, 5) is 8.07. The lowest BCUT2D eigenvalue weighted by Gasteiger charge is -2.07. The number of methoxy groups -OCH3 is 2. The van der Waals surface area contributed by atoms with Crippen molar-refractivity contribution in [3.05, 3.63) is 35.6 Å². The van der Waals surface area contributed by atoms with Crippen LogP contribution in [0.1, 0.15) is 5.56 Å². The zero-order chi connectivity index (χ0) is 15.7. The van der Waals surface area contributed by atoms with Gasteiger partial charge in [0, 0.05) is 6.20 Å². The van der Waals surface area contributed by atoms with Crippen LogP contribution in [0.2, 0.25) is 0 Å². The summed E-state index contributed by atoms with van der Waals surface area (Å²) >= 11 is 0. The molecular formula is C13H10N6O3. The first-order chi connectivity index (χ1) is 10.7. The highest BCUT2D eigenvalue weighted by Crippen LogP contribution is 2.23. The molecule has 0 unspecified atom stereocenters. The van der Waals surface area contributed by atoms with Crippen LogP contribution in [0.5, 0.6) is 11.9 Å². The van der Waals surface area contributed by atoms with Gasteiger partial charge in [0.25, 0.3) is 0 Å². The predicted octanol–water partition coefficient (Wildman–Crippen LogP) is 0.338. The number of nitrogens with zero attached hydrogens (tertiary/aromatic N) is 6. The Bertz CT molecular complexity index is 899. The third-order valence-corrected chi connectivity index (χ3v) is 2.98. The van der Waals surface area contributed by atoms with E-state index in [0.717, 1.165) is 0 Å². The highest BCUT2D eigenvalue weighted by molar-refractivity contribution is 5.82. The van der Waals surface area contributed by atoms with Crippen LogP contribution in [0, 0.1) is 16.5 Å². The molecule has 3 rings (SSSR count). The van der Waals surface area contributed by atoms with Gasteiger partial charge in [0.2, 0.25) is 5.88 Å². The van der Waals surface area contributed by atoms with Crippen LogP contribution in [0.15, 0.2) is 24.8 Å². The minimum Gasteiger partial charge on any atom is -0.619 e. The van der Waals surface area contributed by atoms with Gasteiger partial charge in [0.1, 0.15) is 22.8 Å². The lowest BCUT2D eigenvalue weighted by Crippen LogP contribution is -2.24. The maximum atomic E-state index is 11.5. The van der Waals surface area contributed by atoms with Gasteiger partial charge in [-0.25, -0.2) is 9.67 Å². The average molecular weight is 298 g/mol. The summed E-state index contributed by atoms with van der Waals surface area (Å²) in [7, 11) is 2.91. The summed E-state index contributed by atoms with van der Waals surface area (Å²) in [5.41, 5.74) is 1.05. The highest BCUT2D eigenvalue weighted by atomic mass is 16.5. The molecule has 0 spiro atoms. The van der Waals surface area contributed by atoms with E-state index >= 15 is 0 Å². The maximum Gasteiger partial charge on any atom is 0.319 e. The van der Waals surface area contributed by atoms with Crippen LogP contribution < -0.4 is 14.2 Å². The number of aromatic nitrogens is 5. The van der Waals surface area contributed by atoms with Gasteiger partial charge in [-0.3, -0.25) is 0 Å². The molecule has 0 radical (unpaired) electrons. The summed E-state index contributed by atoms with van der Waals surface area (Å²) in [5, 5.41) is 25.4. The molecule has 0 amide bonds. The molecule has 0 aliphatic carbocycles. The normalized spacial score (nSPS) is 10.4. The van der Waals surface area contributed by atoms with Crippen LogP contribution >= 0.6 is 0 Å². The third-order valence-electron chi connectivity index (χ3n) is 2.98. The molecule has 3 aromatic heterocycles. The molecule has 9 nitrogen and oxygen atoms in total. The van der Waals surface area contributed by atoms with Crippen molar-refractivity contribution in [2.24, 2.45) is 0 Å². The maximum absolute atomic E-state index is 11.5. The number of hydrogen-bond acceptors (Lipinski definition) is 7. The van der Waals surface area contributed by atoms with E-state index in [2.05, 4.69) is 15.1 Å². The van der Waals surface area contributed by atoms with Gasteiger partial charge in [-0.2, -0.15) is 20.1 Å². The largest absolute Gasteiger partial charge is 0.619 e. The van der Waals surface area contributed by atoms with Gasteiger partial charge in [0.05, 0.1) is 25.8 Å². The number of nitriles is 1. The quantitative estimate of drug-likeness (QED) is 0.506. The van der Waals surface area contributed by atoms with E-state index in [0.29, 0.717) is 21.3 Å². The lowest BCUT2D eigenvalue weighted by molar-refractivity contribution is -0.604. The van der Waals surface area contributed by atoms with E-state index in [9.17, 15) is 5.21 Å². The Morgan fingerprint density at radius 3 is 2.82 bits per heavy atom. The van der Waals surface area contributed by atoms with Crippen LogP contribution in [0.4, 0.5) is 0 Å². The lowest BCUT2D eigenvalue weighted by atomic mass is 10.2. The summed E-state index contributed by atoms with van der Waals surface area (Å²) in [6.45, 7) is 0. The average Bonchev–Trinajstić information content (AvgIpc) is 2.96. The molecule has 3 aromatic rings. The zero-order valence-corrected chi connectivity index (χ0v) is 11.7. The Morgan fingerprint density at radius 1 is 1.32 bits per heavy atom. The molecule has 0 N–H and O–H groups in total. The second-order valence-electron chi connectivity index (χ2n) is 4.27. The zero-order valence-electron chi connectivity index (χ0n) is 11.7. The summed E-state index contributed by atoms with van der Waals surface area (Å²) in [6.07, 6.45) is 5.57. The van der Waals surface area contributed by atoms with Gasteiger partial charge in [-0.15, -0.1) is 0 Å². The summed E-state index contributed by atoms with van der Waals surface area (Å²) in [6, 6.07) is 2.10. The molecule has 0 aromatic carbocycles. The van der Waals surface area contributed by atoms with Crippen molar-refractivity contribution >= 4 is 10.9 Å². The van der Waals surface area contributed by atoms with Crippen LogP contribution in [-0.2, 0) is 0 Å². The Kier molecular flexibility index (Phi) is 3.19. The monoisotopic (exact) mass is 298 g/mol. The highest BCUT2D eigenvalue weighted by Gasteiger charge is 2.16. The predicted molar refractivity (Wildman–Crippen MR) is 73.4 cm³/mol. The molecule has 110 valence electrons. The first-order valence-electron chi connectivity index (χ1n) is 6.14. The van der Waals surface area contributed by atoms with Crippen LogP contribution in [0.3, 0.4) is 0 Å². The summed E-state index contributed by atoms with van der Waals surface area (Å²) in [5.74, 6) is 0.258. The van der Waals surface area contributed by atoms with Crippen LogP contribution in [0.25, 0.3) is 16.6 Å². The SMILES string of the molecule is COc1ncc(-n2cc3c[n+]([O-])cc(C#N)c3n2)c(OC)n1. The number of hydrogen-bond donors (Lipinski definition) is 0. The molecule has 9 heteroatoms. The minimum absolute atomic E-state index is 0.160. The van der Waals surface area contributed by atoms with Crippen molar-refractivity contribution in [3.8, 4) is 23.6 Å². The van der Waals surface area contributed by atoms with Crippen molar-refractivity contribution in [3.63, 3.8) is 0 Å². The molecule has 0 aliphatic heterocycles. The van der Waals surface area contributed by atoms with Gasteiger partial charge < -0.3 is 14.7 Å². The molecule has 0 saturated carbocycles. The van der Waals surface area contributed by atoms with Gasteiger partial charge in [0.15, 0.2) is 12.4 Å². The molecule has 3 heterocycles. The van der Waals surface area contributed by atoms with Crippen molar-refractivity contribution < 1.29 is 14.2 Å². The van der Waals surface area contributed by atoms with E-state index in [1.165, 1.54) is 37.5 Å². The minimum atomic E-state index is 0.160. The van der Waals surface area contributed by atoms with Crippen molar-refractivity contribution in [1.29, 1.82) is 5.26 Å². The van der Waals surface area contributed by atoms with E-state index in [4.69, 9.17) is 14.7 Å². The first kappa shape index (κ1) is 13.6. The molecule has 0 atom stereocenters. The molecule has 0 bridgehead atoms. The third kappa shape index (κ3) is 2.12. The number of ether oxygens (including phenoxy) is 2. The van der Waals surface area contributed by atoms with Crippen molar-refractivity contribution in [2.75, 3.05) is 14.2 Å². The fraction of sp³-hybridized carbons (Fsp3) is 0.154. The Morgan fingerprint density at radius 2 is 2.14 bits per heavy atom. The second kappa shape index (κ2) is 5.17. The van der Waals surface area contributed by atoms with Gasteiger partial charge in [-0.05, 0) is 0 Å². The number of fused-ring (bicyclic) bond motifs is 1. The molecule has 0 saturated heterocycles. The van der Waals surface area contributed by atoms with E-state index in [1.807, 2.05) is 6.07 Å². The smallest absolute Gasteiger partial charge is 0.319 e. The van der Waals surface area contributed by atoms with E-state index in [-0.39, 0.29) is 17.5 Å².